The standard InChI is InChI=1S/C20H20O9/c21-8-14-15(22)16(23)17(24)18(29-14)10-3-1-2-9(4-10)11-5-12(19(25)26)7-13(6-11)20(27)28/h1-7,14-18,21-24H,8H2,(H,25,26)(H,27,28)/t14-,15-,16+,17-,18-/m1/s1. The summed E-state index contributed by atoms with van der Waals surface area (Å²) in [6.45, 7) is -0.566. The van der Waals surface area contributed by atoms with Crippen LogP contribution in [0.5, 0.6) is 0 Å². The molecular weight excluding hydrogens is 384 g/mol. The Bertz CT molecular complexity index is 892. The van der Waals surface area contributed by atoms with Gasteiger partial charge in [0.15, 0.2) is 0 Å². The summed E-state index contributed by atoms with van der Waals surface area (Å²) in [6, 6.07) is 10.1. The largest absolute Gasteiger partial charge is 0.478 e. The van der Waals surface area contributed by atoms with Gasteiger partial charge in [-0.3, -0.25) is 0 Å². The van der Waals surface area contributed by atoms with Crippen LogP contribution in [0.4, 0.5) is 0 Å². The molecule has 6 N–H and O–H groups in total. The summed E-state index contributed by atoms with van der Waals surface area (Å²) in [5, 5.41) is 58.0. The van der Waals surface area contributed by atoms with Crippen molar-refractivity contribution in [3.05, 3.63) is 59.2 Å². The lowest BCUT2D eigenvalue weighted by Gasteiger charge is -2.40. The molecule has 0 spiro atoms. The number of aromatic carboxylic acids is 2. The van der Waals surface area contributed by atoms with E-state index in [0.29, 0.717) is 16.7 Å². The van der Waals surface area contributed by atoms with Crippen LogP contribution in [-0.4, -0.2) is 73.6 Å². The molecule has 0 saturated carbocycles. The van der Waals surface area contributed by atoms with E-state index in [1.165, 1.54) is 12.1 Å². The van der Waals surface area contributed by atoms with Gasteiger partial charge >= 0.3 is 11.9 Å². The number of hydrogen-bond acceptors (Lipinski definition) is 7. The number of hydrogen-bond donors (Lipinski definition) is 6. The highest BCUT2D eigenvalue weighted by atomic mass is 16.5. The zero-order valence-electron chi connectivity index (χ0n) is 15.0. The Morgan fingerprint density at radius 2 is 1.45 bits per heavy atom. The average molecular weight is 404 g/mol. The molecule has 0 bridgehead atoms. The molecule has 1 heterocycles. The Morgan fingerprint density at radius 1 is 0.828 bits per heavy atom. The Balaban J connectivity index is 2.02. The summed E-state index contributed by atoms with van der Waals surface area (Å²) in [5.41, 5.74) is 0.798. The molecule has 9 nitrogen and oxygen atoms in total. The lowest BCUT2D eigenvalue weighted by atomic mass is 9.89. The molecule has 2 aromatic rings. The van der Waals surface area contributed by atoms with Gasteiger partial charge in [-0.2, -0.15) is 0 Å². The van der Waals surface area contributed by atoms with Gasteiger partial charge in [0.05, 0.1) is 17.7 Å². The molecule has 1 fully saturated rings. The van der Waals surface area contributed by atoms with Crippen molar-refractivity contribution in [2.45, 2.75) is 30.5 Å². The van der Waals surface area contributed by atoms with E-state index in [1.54, 1.807) is 24.3 Å². The molecule has 154 valence electrons. The van der Waals surface area contributed by atoms with Crippen LogP contribution in [0.3, 0.4) is 0 Å². The maximum atomic E-state index is 11.3. The molecule has 1 saturated heterocycles. The van der Waals surface area contributed by atoms with Crippen molar-refractivity contribution < 1.29 is 45.0 Å². The summed E-state index contributed by atoms with van der Waals surface area (Å²) >= 11 is 0. The second-order valence-corrected chi connectivity index (χ2v) is 6.78. The van der Waals surface area contributed by atoms with Crippen molar-refractivity contribution in [3.63, 3.8) is 0 Å². The van der Waals surface area contributed by atoms with E-state index in [1.807, 2.05) is 0 Å². The fourth-order valence-corrected chi connectivity index (χ4v) is 3.31. The van der Waals surface area contributed by atoms with Gasteiger partial charge in [-0.05, 0) is 41.0 Å². The first kappa shape index (κ1) is 20.9. The minimum Gasteiger partial charge on any atom is -0.478 e. The van der Waals surface area contributed by atoms with Gasteiger partial charge in [0.25, 0.3) is 0 Å². The molecule has 2 aromatic carbocycles. The van der Waals surface area contributed by atoms with E-state index < -0.39 is 49.1 Å². The Morgan fingerprint density at radius 3 is 2.00 bits per heavy atom. The summed E-state index contributed by atoms with van der Waals surface area (Å²) in [4.78, 5) is 22.7. The quantitative estimate of drug-likeness (QED) is 0.410. The number of ether oxygens (including phenoxy) is 1. The number of carboxylic acid groups (broad SMARTS) is 2. The second kappa shape index (κ2) is 8.27. The Hall–Kier alpha value is -2.82. The van der Waals surface area contributed by atoms with Gasteiger partial charge in [-0.1, -0.05) is 18.2 Å². The number of carboxylic acids is 2. The minimum absolute atomic E-state index is 0.196. The predicted molar refractivity (Wildman–Crippen MR) is 98.5 cm³/mol. The summed E-state index contributed by atoms with van der Waals surface area (Å²) in [5.74, 6) is -2.56. The highest BCUT2D eigenvalue weighted by Crippen LogP contribution is 2.34. The van der Waals surface area contributed by atoms with Crippen LogP contribution >= 0.6 is 0 Å². The van der Waals surface area contributed by atoms with Gasteiger partial charge in [0.1, 0.15) is 30.5 Å². The molecule has 3 rings (SSSR count). The predicted octanol–water partition coefficient (Wildman–Crippen LogP) is 0.265. The lowest BCUT2D eigenvalue weighted by Crippen LogP contribution is -2.55. The monoisotopic (exact) mass is 404 g/mol. The number of benzene rings is 2. The van der Waals surface area contributed by atoms with E-state index in [-0.39, 0.29) is 11.1 Å². The van der Waals surface area contributed by atoms with Gasteiger partial charge in [-0.25, -0.2) is 9.59 Å². The van der Waals surface area contributed by atoms with Gasteiger partial charge < -0.3 is 35.4 Å². The van der Waals surface area contributed by atoms with Crippen LogP contribution in [-0.2, 0) is 4.74 Å². The van der Waals surface area contributed by atoms with E-state index in [2.05, 4.69) is 0 Å². The Kier molecular flexibility index (Phi) is 5.96. The van der Waals surface area contributed by atoms with Crippen LogP contribution in [0, 0.1) is 0 Å². The third-order valence-corrected chi connectivity index (χ3v) is 4.87. The summed E-state index contributed by atoms with van der Waals surface area (Å²) in [7, 11) is 0. The van der Waals surface area contributed by atoms with Crippen LogP contribution in [0.25, 0.3) is 11.1 Å². The van der Waals surface area contributed by atoms with Crippen molar-refractivity contribution in [2.24, 2.45) is 0 Å². The van der Waals surface area contributed by atoms with E-state index in [9.17, 15) is 40.2 Å². The normalized spacial score (nSPS) is 26.8. The molecule has 0 amide bonds. The molecule has 1 aliphatic heterocycles. The third kappa shape index (κ3) is 4.14. The molecule has 0 aliphatic carbocycles. The highest BCUT2D eigenvalue weighted by Gasteiger charge is 2.43. The lowest BCUT2D eigenvalue weighted by molar-refractivity contribution is -0.231. The second-order valence-electron chi connectivity index (χ2n) is 6.78. The molecular formula is C20H20O9. The Labute approximate surface area is 165 Å². The first-order valence-electron chi connectivity index (χ1n) is 8.75. The van der Waals surface area contributed by atoms with E-state index in [4.69, 9.17) is 4.74 Å². The maximum absolute atomic E-state index is 11.3. The maximum Gasteiger partial charge on any atom is 0.335 e. The summed E-state index contributed by atoms with van der Waals surface area (Å²) < 4.78 is 5.53. The van der Waals surface area contributed by atoms with Gasteiger partial charge in [0, 0.05) is 0 Å². The van der Waals surface area contributed by atoms with E-state index >= 15 is 0 Å². The van der Waals surface area contributed by atoms with Crippen LogP contribution < -0.4 is 0 Å². The van der Waals surface area contributed by atoms with Crippen LogP contribution in [0.1, 0.15) is 32.4 Å². The van der Waals surface area contributed by atoms with Crippen LogP contribution in [0.15, 0.2) is 42.5 Å². The van der Waals surface area contributed by atoms with Gasteiger partial charge in [0.2, 0.25) is 0 Å². The molecule has 0 radical (unpaired) electrons. The zero-order chi connectivity index (χ0) is 21.3. The SMILES string of the molecule is O=C(O)c1cc(C(=O)O)cc(-c2cccc([C@H]3O[C@H](CO)[C@@H](O)[C@H](O)[C@H]3O)c2)c1. The van der Waals surface area contributed by atoms with Crippen LogP contribution in [0.2, 0.25) is 0 Å². The van der Waals surface area contributed by atoms with Crippen molar-refractivity contribution in [1.29, 1.82) is 0 Å². The first-order chi connectivity index (χ1) is 13.7. The first-order valence-corrected chi connectivity index (χ1v) is 8.75. The summed E-state index contributed by atoms with van der Waals surface area (Å²) in [6.07, 6.45) is -6.63. The highest BCUT2D eigenvalue weighted by molar-refractivity contribution is 5.96. The molecule has 1 aliphatic rings. The zero-order valence-corrected chi connectivity index (χ0v) is 15.0. The topological polar surface area (TPSA) is 165 Å². The number of rotatable bonds is 5. The molecule has 0 aromatic heterocycles. The van der Waals surface area contributed by atoms with E-state index in [0.717, 1.165) is 6.07 Å². The van der Waals surface area contributed by atoms with Crippen molar-refractivity contribution in [3.8, 4) is 11.1 Å². The fraction of sp³-hybridized carbons (Fsp3) is 0.300. The van der Waals surface area contributed by atoms with Gasteiger partial charge in [-0.15, -0.1) is 0 Å². The average Bonchev–Trinajstić information content (AvgIpc) is 2.72. The van der Waals surface area contributed by atoms with Crippen molar-refractivity contribution >= 4 is 11.9 Å². The number of carbonyl (C=O) groups is 2. The number of aliphatic hydroxyl groups is 4. The molecule has 5 atom stereocenters. The van der Waals surface area contributed by atoms with Crippen molar-refractivity contribution in [2.75, 3.05) is 6.61 Å². The van der Waals surface area contributed by atoms with Crippen molar-refractivity contribution in [1.82, 2.24) is 0 Å². The number of aliphatic hydroxyl groups excluding tert-OH is 4. The third-order valence-electron chi connectivity index (χ3n) is 4.87. The molecule has 9 heteroatoms. The molecule has 29 heavy (non-hydrogen) atoms. The molecule has 0 unspecified atom stereocenters. The minimum atomic E-state index is -1.54. The fourth-order valence-electron chi connectivity index (χ4n) is 3.31. The smallest absolute Gasteiger partial charge is 0.335 e.